The number of nitrogens with one attached hydrogen (secondary N) is 1. The molecule has 1 aromatic rings. The molecule has 0 aromatic heterocycles. The van der Waals surface area contributed by atoms with Crippen molar-refractivity contribution >= 4 is 11.9 Å². The van der Waals surface area contributed by atoms with Crippen molar-refractivity contribution < 1.29 is 14.3 Å². The lowest BCUT2D eigenvalue weighted by molar-refractivity contribution is -0.130. The molecule has 0 heterocycles. The number of hydrogen-bond donors (Lipinski definition) is 1. The molecule has 1 aromatic carbocycles. The van der Waals surface area contributed by atoms with Crippen molar-refractivity contribution in [3.63, 3.8) is 0 Å². The van der Waals surface area contributed by atoms with Crippen LogP contribution in [0, 0.1) is 17.2 Å². The quantitative estimate of drug-likeness (QED) is 0.867. The van der Waals surface area contributed by atoms with Crippen LogP contribution in [-0.2, 0) is 9.53 Å². The standard InChI is InChI=1S/C18H22N2O3/c1-12-5-3-4-6-16(12)20-17(21)13(2)23-18(22)15-9-7-14(11-19)8-10-15/h7-10,12-13,16H,3-6H2,1-2H3,(H,20,21)/t12-,13-,16+/m1/s1. The third-order valence-corrected chi connectivity index (χ3v) is 4.34. The molecule has 122 valence electrons. The summed E-state index contributed by atoms with van der Waals surface area (Å²) in [6.45, 7) is 3.71. The molecule has 23 heavy (non-hydrogen) atoms. The van der Waals surface area contributed by atoms with Crippen LogP contribution in [0.2, 0.25) is 0 Å². The van der Waals surface area contributed by atoms with Gasteiger partial charge in [0.2, 0.25) is 0 Å². The summed E-state index contributed by atoms with van der Waals surface area (Å²) in [5.74, 6) is -0.367. The van der Waals surface area contributed by atoms with Crippen LogP contribution in [0.1, 0.15) is 55.5 Å². The van der Waals surface area contributed by atoms with E-state index in [-0.39, 0.29) is 11.9 Å². The van der Waals surface area contributed by atoms with Gasteiger partial charge in [0.25, 0.3) is 5.91 Å². The van der Waals surface area contributed by atoms with E-state index < -0.39 is 12.1 Å². The van der Waals surface area contributed by atoms with E-state index in [0.29, 0.717) is 17.0 Å². The fourth-order valence-electron chi connectivity index (χ4n) is 2.79. The number of carbonyl (C=O) groups excluding carboxylic acids is 2. The Morgan fingerprint density at radius 2 is 1.91 bits per heavy atom. The zero-order valence-electron chi connectivity index (χ0n) is 13.5. The van der Waals surface area contributed by atoms with Crippen molar-refractivity contribution in [3.8, 4) is 6.07 Å². The van der Waals surface area contributed by atoms with Crippen molar-refractivity contribution in [2.24, 2.45) is 5.92 Å². The van der Waals surface area contributed by atoms with Gasteiger partial charge in [-0.3, -0.25) is 4.79 Å². The van der Waals surface area contributed by atoms with Crippen molar-refractivity contribution in [2.45, 2.75) is 51.7 Å². The van der Waals surface area contributed by atoms with Crippen LogP contribution in [-0.4, -0.2) is 24.0 Å². The van der Waals surface area contributed by atoms with Gasteiger partial charge in [0.1, 0.15) is 0 Å². The Morgan fingerprint density at radius 1 is 1.26 bits per heavy atom. The van der Waals surface area contributed by atoms with Gasteiger partial charge in [0, 0.05) is 6.04 Å². The predicted octanol–water partition coefficient (Wildman–Crippen LogP) is 2.80. The van der Waals surface area contributed by atoms with E-state index in [1.807, 2.05) is 6.07 Å². The highest BCUT2D eigenvalue weighted by molar-refractivity contribution is 5.92. The minimum Gasteiger partial charge on any atom is -0.449 e. The van der Waals surface area contributed by atoms with E-state index in [9.17, 15) is 9.59 Å². The summed E-state index contributed by atoms with van der Waals surface area (Å²) in [6, 6.07) is 8.28. The summed E-state index contributed by atoms with van der Waals surface area (Å²) in [6.07, 6.45) is 3.58. The Kier molecular flexibility index (Phi) is 5.75. The van der Waals surface area contributed by atoms with Crippen LogP contribution in [0.25, 0.3) is 0 Å². The van der Waals surface area contributed by atoms with E-state index in [1.165, 1.54) is 18.6 Å². The predicted molar refractivity (Wildman–Crippen MR) is 85.6 cm³/mol. The molecule has 2 rings (SSSR count). The number of hydrogen-bond acceptors (Lipinski definition) is 4. The van der Waals surface area contributed by atoms with E-state index in [0.717, 1.165) is 19.3 Å². The summed E-state index contributed by atoms with van der Waals surface area (Å²) in [4.78, 5) is 24.2. The molecule has 1 N–H and O–H groups in total. The van der Waals surface area contributed by atoms with Crippen LogP contribution in [0.5, 0.6) is 0 Å². The molecule has 1 fully saturated rings. The third-order valence-electron chi connectivity index (χ3n) is 4.34. The first-order valence-electron chi connectivity index (χ1n) is 8.02. The second-order valence-electron chi connectivity index (χ2n) is 6.11. The van der Waals surface area contributed by atoms with Gasteiger partial charge in [-0.25, -0.2) is 4.79 Å². The number of carbonyl (C=O) groups is 2. The molecule has 1 saturated carbocycles. The molecule has 3 atom stereocenters. The van der Waals surface area contributed by atoms with Crippen LogP contribution in [0.15, 0.2) is 24.3 Å². The molecule has 5 nitrogen and oxygen atoms in total. The Balaban J connectivity index is 1.89. The van der Waals surface area contributed by atoms with Gasteiger partial charge in [-0.15, -0.1) is 0 Å². The van der Waals surface area contributed by atoms with Gasteiger partial charge in [-0.05, 0) is 49.9 Å². The van der Waals surface area contributed by atoms with E-state index in [4.69, 9.17) is 10.00 Å². The number of ether oxygens (including phenoxy) is 1. The lowest BCUT2D eigenvalue weighted by atomic mass is 9.86. The zero-order chi connectivity index (χ0) is 16.8. The minimum atomic E-state index is -0.840. The van der Waals surface area contributed by atoms with Gasteiger partial charge >= 0.3 is 5.97 Å². The summed E-state index contributed by atoms with van der Waals surface area (Å²) >= 11 is 0. The molecule has 1 aliphatic rings. The number of amides is 1. The van der Waals surface area contributed by atoms with E-state index in [2.05, 4.69) is 12.2 Å². The highest BCUT2D eigenvalue weighted by Gasteiger charge is 2.26. The van der Waals surface area contributed by atoms with E-state index in [1.54, 1.807) is 19.1 Å². The van der Waals surface area contributed by atoms with Crippen LogP contribution >= 0.6 is 0 Å². The average Bonchev–Trinajstić information content (AvgIpc) is 2.56. The Labute approximate surface area is 136 Å². The molecule has 0 bridgehead atoms. The normalized spacial score (nSPS) is 21.8. The maximum absolute atomic E-state index is 12.2. The van der Waals surface area contributed by atoms with Crippen LogP contribution in [0.3, 0.4) is 0 Å². The number of nitriles is 1. The lowest BCUT2D eigenvalue weighted by Crippen LogP contribution is -2.45. The van der Waals surface area contributed by atoms with Crippen LogP contribution < -0.4 is 5.32 Å². The number of benzene rings is 1. The molecule has 0 aliphatic heterocycles. The Bertz CT molecular complexity index is 604. The number of nitrogens with zero attached hydrogens (tertiary/aromatic N) is 1. The molecule has 0 radical (unpaired) electrons. The molecule has 5 heteroatoms. The van der Waals surface area contributed by atoms with Crippen LogP contribution in [0.4, 0.5) is 0 Å². The second-order valence-corrected chi connectivity index (χ2v) is 6.11. The molecule has 0 spiro atoms. The fourth-order valence-corrected chi connectivity index (χ4v) is 2.79. The first-order chi connectivity index (χ1) is 11.0. The fraction of sp³-hybridized carbons (Fsp3) is 0.500. The van der Waals surface area contributed by atoms with Crippen molar-refractivity contribution in [2.75, 3.05) is 0 Å². The molecular weight excluding hydrogens is 292 g/mol. The maximum Gasteiger partial charge on any atom is 0.338 e. The summed E-state index contributed by atoms with van der Waals surface area (Å²) in [7, 11) is 0. The first kappa shape index (κ1) is 17.0. The minimum absolute atomic E-state index is 0.160. The monoisotopic (exact) mass is 314 g/mol. The highest BCUT2D eigenvalue weighted by Crippen LogP contribution is 2.23. The summed E-state index contributed by atoms with van der Waals surface area (Å²) < 4.78 is 5.21. The summed E-state index contributed by atoms with van der Waals surface area (Å²) in [5, 5.41) is 11.7. The molecule has 0 unspecified atom stereocenters. The average molecular weight is 314 g/mol. The van der Waals surface area contributed by atoms with Gasteiger partial charge < -0.3 is 10.1 Å². The number of rotatable bonds is 4. The molecular formula is C18H22N2O3. The molecule has 1 aliphatic carbocycles. The summed E-state index contributed by atoms with van der Waals surface area (Å²) in [5.41, 5.74) is 0.799. The largest absolute Gasteiger partial charge is 0.449 e. The van der Waals surface area contributed by atoms with Gasteiger partial charge in [0.05, 0.1) is 17.2 Å². The van der Waals surface area contributed by atoms with Crippen molar-refractivity contribution in [3.05, 3.63) is 35.4 Å². The SMILES string of the molecule is C[C@@H]1CCCC[C@@H]1NC(=O)[C@@H](C)OC(=O)c1ccc(C#N)cc1. The van der Waals surface area contributed by atoms with Crippen molar-refractivity contribution in [1.82, 2.24) is 5.32 Å². The first-order valence-corrected chi connectivity index (χ1v) is 8.02. The third kappa shape index (κ3) is 4.56. The highest BCUT2D eigenvalue weighted by atomic mass is 16.5. The van der Waals surface area contributed by atoms with E-state index >= 15 is 0 Å². The van der Waals surface area contributed by atoms with Gasteiger partial charge in [-0.2, -0.15) is 5.26 Å². The molecule has 1 amide bonds. The zero-order valence-corrected chi connectivity index (χ0v) is 13.5. The Morgan fingerprint density at radius 3 is 2.52 bits per heavy atom. The number of esters is 1. The second kappa shape index (κ2) is 7.77. The lowest BCUT2D eigenvalue weighted by Gasteiger charge is -2.30. The smallest absolute Gasteiger partial charge is 0.338 e. The topological polar surface area (TPSA) is 79.2 Å². The van der Waals surface area contributed by atoms with Gasteiger partial charge in [-0.1, -0.05) is 19.8 Å². The van der Waals surface area contributed by atoms with Crippen molar-refractivity contribution in [1.29, 1.82) is 5.26 Å². The van der Waals surface area contributed by atoms with Gasteiger partial charge in [0.15, 0.2) is 6.10 Å². The molecule has 0 saturated heterocycles. The maximum atomic E-state index is 12.2. The Hall–Kier alpha value is -2.35.